The van der Waals surface area contributed by atoms with E-state index >= 15 is 0 Å². The Balaban J connectivity index is 2.77. The first-order chi connectivity index (χ1) is 7.67. The van der Waals surface area contributed by atoms with Gasteiger partial charge in [-0.2, -0.15) is 0 Å². The van der Waals surface area contributed by atoms with Crippen LogP contribution < -0.4 is 4.74 Å². The smallest absolute Gasteiger partial charge is 0.312 e. The van der Waals surface area contributed by atoms with Gasteiger partial charge in [0.1, 0.15) is 11.8 Å². The molecule has 0 aliphatic carbocycles. The van der Waals surface area contributed by atoms with Crippen molar-refractivity contribution in [1.29, 1.82) is 0 Å². The van der Waals surface area contributed by atoms with Crippen LogP contribution in [0.15, 0.2) is 29.4 Å². The summed E-state index contributed by atoms with van der Waals surface area (Å²) in [6.07, 6.45) is 0.170. The van der Waals surface area contributed by atoms with Gasteiger partial charge >= 0.3 is 5.97 Å². The van der Waals surface area contributed by atoms with Gasteiger partial charge in [0.05, 0.1) is 7.11 Å². The Morgan fingerprint density at radius 2 is 2.19 bits per heavy atom. The highest BCUT2D eigenvalue weighted by Gasteiger charge is 2.15. The quantitative estimate of drug-likeness (QED) is 0.468. The molecule has 1 rings (SSSR count). The highest BCUT2D eigenvalue weighted by Crippen LogP contribution is 2.13. The molecule has 1 aromatic rings. The van der Waals surface area contributed by atoms with Gasteiger partial charge in [0.15, 0.2) is 0 Å². The SMILES string of the molecule is COc1ccc(CC(N=[N+]=[N-])C(=O)O)cc1. The van der Waals surface area contributed by atoms with Crippen molar-refractivity contribution in [3.8, 4) is 5.75 Å². The van der Waals surface area contributed by atoms with Crippen molar-refractivity contribution in [1.82, 2.24) is 0 Å². The molecule has 84 valence electrons. The van der Waals surface area contributed by atoms with Gasteiger partial charge in [-0.3, -0.25) is 4.79 Å². The third kappa shape index (κ3) is 3.18. The van der Waals surface area contributed by atoms with Gasteiger partial charge in [0.25, 0.3) is 0 Å². The third-order valence-corrected chi connectivity index (χ3v) is 2.06. The summed E-state index contributed by atoms with van der Waals surface area (Å²) >= 11 is 0. The average molecular weight is 221 g/mol. The molecule has 0 saturated carbocycles. The summed E-state index contributed by atoms with van der Waals surface area (Å²) in [5.41, 5.74) is 9.00. The van der Waals surface area contributed by atoms with Crippen LogP contribution in [-0.4, -0.2) is 24.2 Å². The van der Waals surface area contributed by atoms with E-state index in [1.165, 1.54) is 0 Å². The minimum Gasteiger partial charge on any atom is -0.497 e. The maximum absolute atomic E-state index is 10.7. The zero-order valence-electron chi connectivity index (χ0n) is 8.70. The normalized spacial score (nSPS) is 11.3. The zero-order valence-corrected chi connectivity index (χ0v) is 8.70. The second-order valence-electron chi connectivity index (χ2n) is 3.11. The van der Waals surface area contributed by atoms with E-state index in [4.69, 9.17) is 15.4 Å². The molecule has 6 heteroatoms. The molecule has 0 spiro atoms. The standard InChI is InChI=1S/C10H11N3O3/c1-16-8-4-2-7(3-5-8)6-9(10(14)15)12-13-11/h2-5,9H,6H2,1H3,(H,14,15). The van der Waals surface area contributed by atoms with Crippen LogP contribution in [0, 0.1) is 0 Å². The van der Waals surface area contributed by atoms with Crippen molar-refractivity contribution in [2.75, 3.05) is 7.11 Å². The number of carboxylic acids is 1. The van der Waals surface area contributed by atoms with Crippen molar-refractivity contribution in [3.05, 3.63) is 40.3 Å². The molecule has 1 aromatic carbocycles. The lowest BCUT2D eigenvalue weighted by atomic mass is 10.1. The molecule has 6 nitrogen and oxygen atoms in total. The predicted octanol–water partition coefficient (Wildman–Crippen LogP) is 2.00. The van der Waals surface area contributed by atoms with Crippen LogP contribution in [0.2, 0.25) is 0 Å². The topological polar surface area (TPSA) is 95.3 Å². The third-order valence-electron chi connectivity index (χ3n) is 2.06. The molecule has 0 aromatic heterocycles. The van der Waals surface area contributed by atoms with E-state index in [-0.39, 0.29) is 6.42 Å². The molecule has 0 saturated heterocycles. The van der Waals surface area contributed by atoms with E-state index in [9.17, 15) is 4.79 Å². The fourth-order valence-electron chi connectivity index (χ4n) is 1.22. The van der Waals surface area contributed by atoms with E-state index in [1.54, 1.807) is 31.4 Å². The van der Waals surface area contributed by atoms with Crippen LogP contribution in [0.3, 0.4) is 0 Å². The van der Waals surface area contributed by atoms with Gasteiger partial charge in [0, 0.05) is 4.91 Å². The van der Waals surface area contributed by atoms with Crippen molar-refractivity contribution in [3.63, 3.8) is 0 Å². The average Bonchev–Trinajstić information content (AvgIpc) is 2.29. The Labute approximate surface area is 92.1 Å². The van der Waals surface area contributed by atoms with Crippen molar-refractivity contribution in [2.24, 2.45) is 5.11 Å². The molecule has 16 heavy (non-hydrogen) atoms. The van der Waals surface area contributed by atoms with E-state index in [0.717, 1.165) is 5.56 Å². The number of carboxylic acid groups (broad SMARTS) is 1. The Kier molecular flexibility index (Phi) is 4.17. The molecule has 0 fully saturated rings. The lowest BCUT2D eigenvalue weighted by Crippen LogP contribution is -2.19. The second-order valence-corrected chi connectivity index (χ2v) is 3.11. The minimum atomic E-state index is -1.13. The summed E-state index contributed by atoms with van der Waals surface area (Å²) < 4.78 is 4.97. The first-order valence-electron chi connectivity index (χ1n) is 4.57. The van der Waals surface area contributed by atoms with E-state index in [2.05, 4.69) is 10.0 Å². The number of ether oxygens (including phenoxy) is 1. The molecule has 0 bridgehead atoms. The van der Waals surface area contributed by atoms with Crippen LogP contribution in [0.25, 0.3) is 10.4 Å². The molecular weight excluding hydrogens is 210 g/mol. The Morgan fingerprint density at radius 3 is 2.62 bits per heavy atom. The summed E-state index contributed by atoms with van der Waals surface area (Å²) in [5.74, 6) is -0.437. The maximum Gasteiger partial charge on any atom is 0.312 e. The summed E-state index contributed by atoms with van der Waals surface area (Å²) in [6.45, 7) is 0. The fourth-order valence-corrected chi connectivity index (χ4v) is 1.22. The summed E-state index contributed by atoms with van der Waals surface area (Å²) in [5, 5.41) is 12.0. The lowest BCUT2D eigenvalue weighted by Gasteiger charge is -2.06. The molecule has 0 aliphatic rings. The second kappa shape index (κ2) is 5.63. The predicted molar refractivity (Wildman–Crippen MR) is 57.3 cm³/mol. The number of carbonyl (C=O) groups is 1. The molecule has 0 aliphatic heterocycles. The van der Waals surface area contributed by atoms with Crippen LogP contribution in [0.4, 0.5) is 0 Å². The first kappa shape index (κ1) is 11.9. The first-order valence-corrected chi connectivity index (χ1v) is 4.57. The van der Waals surface area contributed by atoms with E-state index in [0.29, 0.717) is 5.75 Å². The van der Waals surface area contributed by atoms with Crippen LogP contribution in [-0.2, 0) is 11.2 Å². The maximum atomic E-state index is 10.7. The highest BCUT2D eigenvalue weighted by molar-refractivity contribution is 5.74. The number of rotatable bonds is 5. The largest absolute Gasteiger partial charge is 0.497 e. The molecule has 1 atom stereocenters. The molecule has 1 N–H and O–H groups in total. The van der Waals surface area contributed by atoms with Gasteiger partial charge in [-0.15, -0.1) is 0 Å². The zero-order chi connectivity index (χ0) is 12.0. The van der Waals surface area contributed by atoms with Gasteiger partial charge in [-0.25, -0.2) is 0 Å². The van der Waals surface area contributed by atoms with E-state index in [1.807, 2.05) is 0 Å². The summed E-state index contributed by atoms with van der Waals surface area (Å²) in [4.78, 5) is 13.2. The number of aliphatic carboxylic acids is 1. The molecule has 0 radical (unpaired) electrons. The Hall–Kier alpha value is -2.20. The van der Waals surface area contributed by atoms with Crippen molar-refractivity contribution < 1.29 is 14.6 Å². The summed E-state index contributed by atoms with van der Waals surface area (Å²) in [7, 11) is 1.55. The van der Waals surface area contributed by atoms with Crippen LogP contribution in [0.5, 0.6) is 5.75 Å². The lowest BCUT2D eigenvalue weighted by molar-refractivity contribution is -0.138. The molecular formula is C10H11N3O3. The monoisotopic (exact) mass is 221 g/mol. The van der Waals surface area contributed by atoms with Gasteiger partial charge < -0.3 is 9.84 Å². The molecule has 0 amide bonds. The number of nitrogens with zero attached hydrogens (tertiary/aromatic N) is 3. The molecule has 0 heterocycles. The molecule has 1 unspecified atom stereocenters. The minimum absolute atomic E-state index is 0.170. The summed E-state index contributed by atoms with van der Waals surface area (Å²) in [6, 6.07) is 5.86. The number of azide groups is 1. The van der Waals surface area contributed by atoms with Gasteiger partial charge in [-0.1, -0.05) is 17.2 Å². The van der Waals surface area contributed by atoms with Crippen LogP contribution in [0.1, 0.15) is 5.56 Å². The fraction of sp³-hybridized carbons (Fsp3) is 0.300. The number of benzene rings is 1. The van der Waals surface area contributed by atoms with Gasteiger partial charge in [0.2, 0.25) is 0 Å². The van der Waals surface area contributed by atoms with Crippen molar-refractivity contribution >= 4 is 5.97 Å². The number of hydrogen-bond acceptors (Lipinski definition) is 3. The van der Waals surface area contributed by atoms with Crippen molar-refractivity contribution in [2.45, 2.75) is 12.5 Å². The van der Waals surface area contributed by atoms with Crippen LogP contribution >= 0.6 is 0 Å². The highest BCUT2D eigenvalue weighted by atomic mass is 16.5. The number of methoxy groups -OCH3 is 1. The Bertz CT molecular complexity index is 408. The Morgan fingerprint density at radius 1 is 1.56 bits per heavy atom. The number of hydrogen-bond donors (Lipinski definition) is 1. The van der Waals surface area contributed by atoms with Gasteiger partial charge in [-0.05, 0) is 29.6 Å². The van der Waals surface area contributed by atoms with E-state index < -0.39 is 12.0 Å².